The monoisotopic (exact) mass is 225 g/mol. The van der Waals surface area contributed by atoms with E-state index in [4.69, 9.17) is 4.74 Å². The summed E-state index contributed by atoms with van der Waals surface area (Å²) in [5, 5.41) is 0. The van der Waals surface area contributed by atoms with Crippen LogP contribution in [0.4, 0.5) is 4.79 Å². The van der Waals surface area contributed by atoms with Gasteiger partial charge in [-0.1, -0.05) is 25.5 Å². The van der Waals surface area contributed by atoms with Gasteiger partial charge in [0.25, 0.3) is 0 Å². The SMILES string of the molecule is CC(C)C1=CC(C)N(C(=O)OC(C)(C)C)C1. The molecule has 92 valence electrons. The van der Waals surface area contributed by atoms with Gasteiger partial charge in [0, 0.05) is 6.54 Å². The number of rotatable bonds is 1. The van der Waals surface area contributed by atoms with Crippen molar-refractivity contribution in [3.05, 3.63) is 11.6 Å². The molecular weight excluding hydrogens is 202 g/mol. The Morgan fingerprint density at radius 2 is 2.06 bits per heavy atom. The fourth-order valence-electron chi connectivity index (χ4n) is 1.72. The molecule has 1 heterocycles. The Labute approximate surface area is 98.5 Å². The Bertz CT molecular complexity index is 300. The predicted octanol–water partition coefficient (Wildman–Crippen LogP) is 3.21. The third kappa shape index (κ3) is 3.26. The second kappa shape index (κ2) is 4.48. The van der Waals surface area contributed by atoms with Crippen molar-refractivity contribution in [2.24, 2.45) is 5.92 Å². The van der Waals surface area contributed by atoms with Gasteiger partial charge in [0.05, 0.1) is 6.04 Å². The zero-order chi connectivity index (χ0) is 12.5. The molecule has 0 aliphatic carbocycles. The number of carbonyl (C=O) groups is 1. The van der Waals surface area contributed by atoms with Crippen LogP contribution in [0.5, 0.6) is 0 Å². The normalized spacial score (nSPS) is 21.3. The number of amides is 1. The summed E-state index contributed by atoms with van der Waals surface area (Å²) in [7, 11) is 0. The summed E-state index contributed by atoms with van der Waals surface area (Å²) in [5.41, 5.74) is 0.899. The Hall–Kier alpha value is -0.990. The van der Waals surface area contributed by atoms with Crippen LogP contribution in [0.15, 0.2) is 11.6 Å². The first-order chi connectivity index (χ1) is 7.20. The Morgan fingerprint density at radius 1 is 1.50 bits per heavy atom. The molecular formula is C13H23NO2. The van der Waals surface area contributed by atoms with E-state index in [1.807, 2.05) is 27.7 Å². The van der Waals surface area contributed by atoms with Gasteiger partial charge in [-0.15, -0.1) is 0 Å². The lowest BCUT2D eigenvalue weighted by Crippen LogP contribution is -2.39. The zero-order valence-corrected chi connectivity index (χ0v) is 11.2. The van der Waals surface area contributed by atoms with Gasteiger partial charge in [-0.05, 0) is 33.6 Å². The highest BCUT2D eigenvalue weighted by atomic mass is 16.6. The lowest BCUT2D eigenvalue weighted by molar-refractivity contribution is 0.0249. The standard InChI is InChI=1S/C13H23NO2/c1-9(2)11-7-10(3)14(8-11)12(15)16-13(4,5)6/h7,9-10H,8H2,1-6H3. The van der Waals surface area contributed by atoms with Crippen molar-refractivity contribution >= 4 is 6.09 Å². The van der Waals surface area contributed by atoms with E-state index in [2.05, 4.69) is 19.9 Å². The van der Waals surface area contributed by atoms with Gasteiger partial charge in [-0.2, -0.15) is 0 Å². The number of nitrogens with zero attached hydrogens (tertiary/aromatic N) is 1. The summed E-state index contributed by atoms with van der Waals surface area (Å²) in [6, 6.07) is 0.146. The van der Waals surface area contributed by atoms with Crippen molar-refractivity contribution in [1.82, 2.24) is 4.90 Å². The van der Waals surface area contributed by atoms with Crippen LogP contribution >= 0.6 is 0 Å². The molecule has 0 aromatic carbocycles. The van der Waals surface area contributed by atoms with E-state index in [1.54, 1.807) is 4.90 Å². The Balaban J connectivity index is 2.62. The summed E-state index contributed by atoms with van der Waals surface area (Å²) >= 11 is 0. The molecule has 1 atom stereocenters. The molecule has 0 aromatic heterocycles. The largest absolute Gasteiger partial charge is 0.444 e. The summed E-state index contributed by atoms with van der Waals surface area (Å²) < 4.78 is 5.37. The van der Waals surface area contributed by atoms with E-state index >= 15 is 0 Å². The van der Waals surface area contributed by atoms with Crippen LogP contribution in [0.1, 0.15) is 41.5 Å². The van der Waals surface area contributed by atoms with E-state index in [0.29, 0.717) is 12.5 Å². The van der Waals surface area contributed by atoms with E-state index in [9.17, 15) is 4.79 Å². The highest BCUT2D eigenvalue weighted by Crippen LogP contribution is 2.24. The van der Waals surface area contributed by atoms with E-state index in [1.165, 1.54) is 5.57 Å². The molecule has 0 bridgehead atoms. The molecule has 0 saturated carbocycles. The molecule has 0 fully saturated rings. The van der Waals surface area contributed by atoms with Crippen LogP contribution in [0.2, 0.25) is 0 Å². The lowest BCUT2D eigenvalue weighted by Gasteiger charge is -2.27. The van der Waals surface area contributed by atoms with Crippen LogP contribution in [-0.2, 0) is 4.74 Å². The smallest absolute Gasteiger partial charge is 0.411 e. The summed E-state index contributed by atoms with van der Waals surface area (Å²) in [4.78, 5) is 13.7. The first kappa shape index (κ1) is 13.1. The van der Waals surface area contributed by atoms with Crippen LogP contribution in [0.3, 0.4) is 0 Å². The number of carbonyl (C=O) groups excluding carboxylic acids is 1. The average Bonchev–Trinajstić information content (AvgIpc) is 2.44. The van der Waals surface area contributed by atoms with E-state index < -0.39 is 5.60 Å². The van der Waals surface area contributed by atoms with Crippen molar-refractivity contribution in [3.8, 4) is 0 Å². The van der Waals surface area contributed by atoms with E-state index in [0.717, 1.165) is 0 Å². The number of hydrogen-bond donors (Lipinski definition) is 0. The maximum absolute atomic E-state index is 11.9. The van der Waals surface area contributed by atoms with Gasteiger partial charge >= 0.3 is 6.09 Å². The van der Waals surface area contributed by atoms with Crippen molar-refractivity contribution < 1.29 is 9.53 Å². The van der Waals surface area contributed by atoms with Gasteiger partial charge in [-0.25, -0.2) is 4.79 Å². The molecule has 1 aliphatic rings. The number of hydrogen-bond acceptors (Lipinski definition) is 2. The summed E-state index contributed by atoms with van der Waals surface area (Å²) in [5.74, 6) is 0.495. The van der Waals surface area contributed by atoms with Crippen LogP contribution in [-0.4, -0.2) is 29.2 Å². The van der Waals surface area contributed by atoms with Gasteiger partial charge in [0.1, 0.15) is 5.60 Å². The van der Waals surface area contributed by atoms with Crippen molar-refractivity contribution in [2.75, 3.05) is 6.54 Å². The minimum Gasteiger partial charge on any atom is -0.444 e. The minimum absolute atomic E-state index is 0.146. The van der Waals surface area contributed by atoms with Crippen molar-refractivity contribution in [2.45, 2.75) is 53.2 Å². The second-order valence-corrected chi connectivity index (χ2v) is 5.75. The van der Waals surface area contributed by atoms with Gasteiger partial charge < -0.3 is 4.74 Å². The molecule has 0 saturated heterocycles. The van der Waals surface area contributed by atoms with Crippen molar-refractivity contribution in [3.63, 3.8) is 0 Å². The topological polar surface area (TPSA) is 29.5 Å². The van der Waals surface area contributed by atoms with Crippen LogP contribution < -0.4 is 0 Å². The van der Waals surface area contributed by atoms with Gasteiger partial charge in [0.15, 0.2) is 0 Å². The Morgan fingerprint density at radius 3 is 2.44 bits per heavy atom. The van der Waals surface area contributed by atoms with Crippen LogP contribution in [0.25, 0.3) is 0 Å². The van der Waals surface area contributed by atoms with E-state index in [-0.39, 0.29) is 12.1 Å². The predicted molar refractivity (Wildman–Crippen MR) is 65.3 cm³/mol. The molecule has 1 amide bonds. The highest BCUT2D eigenvalue weighted by molar-refractivity contribution is 5.70. The average molecular weight is 225 g/mol. The molecule has 0 spiro atoms. The third-order valence-corrected chi connectivity index (χ3v) is 2.67. The number of ether oxygens (including phenoxy) is 1. The highest BCUT2D eigenvalue weighted by Gasteiger charge is 2.30. The second-order valence-electron chi connectivity index (χ2n) is 5.75. The van der Waals surface area contributed by atoms with Crippen molar-refractivity contribution in [1.29, 1.82) is 0 Å². The molecule has 0 aromatic rings. The third-order valence-electron chi connectivity index (χ3n) is 2.67. The fourth-order valence-corrected chi connectivity index (χ4v) is 1.72. The fraction of sp³-hybridized carbons (Fsp3) is 0.769. The minimum atomic E-state index is -0.419. The molecule has 1 unspecified atom stereocenters. The molecule has 1 aliphatic heterocycles. The maximum atomic E-state index is 11.9. The van der Waals surface area contributed by atoms with Gasteiger partial charge in [0.2, 0.25) is 0 Å². The van der Waals surface area contributed by atoms with Gasteiger partial charge in [-0.3, -0.25) is 4.90 Å². The maximum Gasteiger partial charge on any atom is 0.411 e. The first-order valence-corrected chi connectivity index (χ1v) is 5.91. The molecule has 0 N–H and O–H groups in total. The summed E-state index contributed by atoms with van der Waals surface area (Å²) in [6.07, 6.45) is 1.95. The Kier molecular flexibility index (Phi) is 3.66. The molecule has 16 heavy (non-hydrogen) atoms. The zero-order valence-electron chi connectivity index (χ0n) is 11.2. The molecule has 1 rings (SSSR count). The summed E-state index contributed by atoms with van der Waals surface area (Å²) in [6.45, 7) is 12.7. The quantitative estimate of drug-likeness (QED) is 0.641. The lowest BCUT2D eigenvalue weighted by atomic mass is 10.0. The molecule has 3 nitrogen and oxygen atoms in total. The molecule has 3 heteroatoms. The molecule has 0 radical (unpaired) electrons. The first-order valence-electron chi connectivity index (χ1n) is 5.91. The van der Waals surface area contributed by atoms with Crippen LogP contribution in [0, 0.1) is 5.92 Å².